The molecular weight excluding hydrogens is 382 g/mol. The van der Waals surface area contributed by atoms with E-state index < -0.39 is 32.2 Å². The molecule has 3 fully saturated rings. The molecule has 3 aliphatic rings. The molecule has 0 aromatic heterocycles. The molecule has 0 aromatic carbocycles. The monoisotopic (exact) mass is 405 g/mol. The average Bonchev–Trinajstić information content (AvgIpc) is 2.20. The second-order valence-electron chi connectivity index (χ2n) is 5.80. The second-order valence-corrected chi connectivity index (χ2v) is 13.1. The summed E-state index contributed by atoms with van der Waals surface area (Å²) in [7, 11) is 0. The van der Waals surface area contributed by atoms with Gasteiger partial charge in [-0.15, -0.1) is 0 Å². The standard InChI is InChI=1S/C9H18NO3.C3H4F3.Sn/c1-7(11)4-10(5-8(2)12)6-9(3)13;1-2-3(4,5)6;/h7-9H,4-6H2,1-3H3;1-2H2;/q-3;;+3/t7-,8?,9?;;/m1../s1. The topological polar surface area (TPSA) is 30.9 Å². The molecule has 0 amide bonds. The molecule has 3 atom stereocenters. The Balaban J connectivity index is 2.18. The van der Waals surface area contributed by atoms with Crippen LogP contribution >= 0.6 is 0 Å². The van der Waals surface area contributed by atoms with Gasteiger partial charge in [-0.1, -0.05) is 0 Å². The molecule has 4 nitrogen and oxygen atoms in total. The molecule has 3 aliphatic heterocycles. The Morgan fingerprint density at radius 2 is 1.35 bits per heavy atom. The van der Waals surface area contributed by atoms with Crippen molar-refractivity contribution in [3.05, 3.63) is 0 Å². The van der Waals surface area contributed by atoms with Crippen molar-refractivity contribution in [2.75, 3.05) is 19.6 Å². The fourth-order valence-corrected chi connectivity index (χ4v) is 12.0. The first-order valence-electron chi connectivity index (χ1n) is 7.00. The van der Waals surface area contributed by atoms with Gasteiger partial charge in [-0.05, 0) is 0 Å². The summed E-state index contributed by atoms with van der Waals surface area (Å²) in [5.41, 5.74) is 0. The van der Waals surface area contributed by atoms with E-state index >= 15 is 0 Å². The Bertz CT molecular complexity index is 306. The van der Waals surface area contributed by atoms with Crippen molar-refractivity contribution < 1.29 is 22.4 Å². The molecular formula is C12H22F3NO3Sn. The number of hydrogen-bond donors (Lipinski definition) is 0. The molecule has 3 rings (SSSR count). The molecule has 0 saturated carbocycles. The average molecular weight is 404 g/mol. The molecule has 0 N–H and O–H groups in total. The molecule has 3 saturated heterocycles. The quantitative estimate of drug-likeness (QED) is 0.662. The maximum absolute atomic E-state index is 12.6. The Hall–Kier alpha value is 0.429. The molecule has 8 heteroatoms. The van der Waals surface area contributed by atoms with Crippen LogP contribution in [0.25, 0.3) is 0 Å². The van der Waals surface area contributed by atoms with Gasteiger partial charge in [0.25, 0.3) is 0 Å². The second kappa shape index (κ2) is 6.27. The Labute approximate surface area is 123 Å². The van der Waals surface area contributed by atoms with Gasteiger partial charge < -0.3 is 0 Å². The van der Waals surface area contributed by atoms with Gasteiger partial charge in [0.1, 0.15) is 0 Å². The third kappa shape index (κ3) is 4.72. The molecule has 0 aliphatic carbocycles. The molecule has 2 unspecified atom stereocenters. The number of fused-ring (bicyclic) bond motifs is 6. The predicted octanol–water partition coefficient (Wildman–Crippen LogP) is 2.42. The molecule has 0 radical (unpaired) electrons. The Morgan fingerprint density at radius 3 is 1.70 bits per heavy atom. The number of halogens is 3. The number of rotatable bonds is 2. The fraction of sp³-hybridized carbons (Fsp3) is 1.00. The van der Waals surface area contributed by atoms with E-state index in [0.29, 0.717) is 0 Å². The van der Waals surface area contributed by atoms with Crippen LogP contribution in [0.1, 0.15) is 27.2 Å². The minimum absolute atomic E-state index is 0.128. The number of alkyl halides is 3. The van der Waals surface area contributed by atoms with Crippen molar-refractivity contribution >= 4 is 19.6 Å². The zero-order valence-electron chi connectivity index (χ0n) is 12.1. The van der Waals surface area contributed by atoms with Gasteiger partial charge in [0.05, 0.1) is 0 Å². The zero-order chi connectivity index (χ0) is 15.0. The zero-order valence-corrected chi connectivity index (χ0v) is 14.9. The van der Waals surface area contributed by atoms with Gasteiger partial charge in [-0.2, -0.15) is 0 Å². The molecule has 20 heavy (non-hydrogen) atoms. The van der Waals surface area contributed by atoms with E-state index in [0.717, 1.165) is 19.6 Å². The van der Waals surface area contributed by atoms with E-state index in [4.69, 9.17) is 9.22 Å². The normalized spacial score (nSPS) is 42.9. The van der Waals surface area contributed by atoms with E-state index in [9.17, 15) is 13.2 Å². The van der Waals surface area contributed by atoms with Gasteiger partial charge in [-0.25, -0.2) is 0 Å². The SMILES string of the molecule is CC1CN2CC(C)[O][Sn]([CH2]CC(F)(F)F)([O]1)[O][C@H](C)C2. The summed E-state index contributed by atoms with van der Waals surface area (Å²) in [6.45, 7) is 7.82. The summed E-state index contributed by atoms with van der Waals surface area (Å²) in [6.07, 6.45) is -5.51. The van der Waals surface area contributed by atoms with Gasteiger partial charge in [0.2, 0.25) is 0 Å². The molecule has 118 valence electrons. The van der Waals surface area contributed by atoms with Crippen molar-refractivity contribution in [1.29, 1.82) is 0 Å². The fourth-order valence-electron chi connectivity index (χ4n) is 2.90. The first-order chi connectivity index (χ1) is 9.17. The number of hydrogen-bond acceptors (Lipinski definition) is 4. The summed E-state index contributed by atoms with van der Waals surface area (Å²) >= 11 is -4.14. The van der Waals surface area contributed by atoms with Crippen LogP contribution in [-0.2, 0) is 9.22 Å². The van der Waals surface area contributed by atoms with Gasteiger partial charge in [0.15, 0.2) is 0 Å². The van der Waals surface area contributed by atoms with Crippen LogP contribution in [0.3, 0.4) is 0 Å². The van der Waals surface area contributed by atoms with Crippen LogP contribution in [-0.4, -0.2) is 68.6 Å². The summed E-state index contributed by atoms with van der Waals surface area (Å²) in [4.78, 5) is 2.19. The maximum atomic E-state index is 12.6. The van der Waals surface area contributed by atoms with Crippen molar-refractivity contribution in [2.45, 2.75) is 56.1 Å². The van der Waals surface area contributed by atoms with Crippen molar-refractivity contribution in [3.8, 4) is 0 Å². The summed E-state index contributed by atoms with van der Waals surface area (Å²) < 4.78 is 55.3. The van der Waals surface area contributed by atoms with Crippen LogP contribution in [0.2, 0.25) is 4.44 Å². The minimum atomic E-state index is -4.20. The first kappa shape index (κ1) is 16.8. The van der Waals surface area contributed by atoms with E-state index in [1.54, 1.807) is 0 Å². The van der Waals surface area contributed by atoms with E-state index in [-0.39, 0.29) is 22.7 Å². The van der Waals surface area contributed by atoms with Crippen LogP contribution in [0, 0.1) is 0 Å². The third-order valence-electron chi connectivity index (χ3n) is 3.40. The van der Waals surface area contributed by atoms with Crippen LogP contribution in [0.5, 0.6) is 0 Å². The van der Waals surface area contributed by atoms with Gasteiger partial charge in [0, 0.05) is 0 Å². The molecule has 3 heterocycles. The van der Waals surface area contributed by atoms with E-state index in [1.807, 2.05) is 20.8 Å². The Morgan fingerprint density at radius 1 is 0.950 bits per heavy atom. The van der Waals surface area contributed by atoms with Crippen LogP contribution in [0.4, 0.5) is 13.2 Å². The summed E-state index contributed by atoms with van der Waals surface area (Å²) in [5, 5.41) is 0. The van der Waals surface area contributed by atoms with Crippen molar-refractivity contribution in [1.82, 2.24) is 4.90 Å². The van der Waals surface area contributed by atoms with Crippen LogP contribution in [0.15, 0.2) is 0 Å². The summed E-state index contributed by atoms with van der Waals surface area (Å²) in [6, 6.07) is 0. The molecule has 2 bridgehead atoms. The van der Waals surface area contributed by atoms with E-state index in [2.05, 4.69) is 4.90 Å². The predicted molar refractivity (Wildman–Crippen MR) is 69.3 cm³/mol. The van der Waals surface area contributed by atoms with Gasteiger partial charge >= 0.3 is 123 Å². The van der Waals surface area contributed by atoms with Crippen LogP contribution < -0.4 is 0 Å². The summed E-state index contributed by atoms with van der Waals surface area (Å²) in [5.74, 6) is 0. The third-order valence-corrected chi connectivity index (χ3v) is 12.4. The number of nitrogens with zero attached hydrogens (tertiary/aromatic N) is 1. The first-order valence-corrected chi connectivity index (χ1v) is 12.5. The van der Waals surface area contributed by atoms with Crippen molar-refractivity contribution in [2.24, 2.45) is 0 Å². The molecule has 0 spiro atoms. The molecule has 0 aromatic rings. The van der Waals surface area contributed by atoms with Gasteiger partial charge in [-0.3, -0.25) is 0 Å². The Kier molecular flexibility index (Phi) is 5.27. The van der Waals surface area contributed by atoms with Crippen molar-refractivity contribution in [3.63, 3.8) is 0 Å². The van der Waals surface area contributed by atoms with E-state index in [1.165, 1.54) is 0 Å².